The molecule has 0 atom stereocenters. The van der Waals surface area contributed by atoms with Gasteiger partial charge in [0.15, 0.2) is 5.76 Å². The number of allylic oxidation sites excluding steroid dienone is 6. The average Bonchev–Trinajstić information content (AvgIpc) is 2.41. The molecule has 1 heteroatoms. The molecular weight excluding hydrogens is 160 g/mol. The van der Waals surface area contributed by atoms with E-state index in [0.29, 0.717) is 5.76 Å². The van der Waals surface area contributed by atoms with Crippen molar-refractivity contribution >= 4 is 0 Å². The molecule has 0 aromatic rings. The van der Waals surface area contributed by atoms with Crippen LogP contribution in [0.3, 0.4) is 0 Å². The molecule has 0 aromatic carbocycles. The van der Waals surface area contributed by atoms with Gasteiger partial charge in [-0.2, -0.15) is 0 Å². The van der Waals surface area contributed by atoms with Crippen LogP contribution in [0.4, 0.5) is 0 Å². The second kappa shape index (κ2) is 3.34. The normalized spacial score (nSPS) is 19.2. The Balaban J connectivity index is 2.44. The molecule has 0 amide bonds. The number of hydrogen-bond donors (Lipinski definition) is 0. The Morgan fingerprint density at radius 2 is 2.31 bits per heavy atom. The maximum atomic E-state index is 5.45. The molecule has 0 bridgehead atoms. The van der Waals surface area contributed by atoms with Crippen LogP contribution in [0.25, 0.3) is 0 Å². The molecule has 0 N–H and O–H groups in total. The van der Waals surface area contributed by atoms with Crippen LogP contribution in [0.2, 0.25) is 0 Å². The van der Waals surface area contributed by atoms with Crippen molar-refractivity contribution < 1.29 is 4.74 Å². The van der Waals surface area contributed by atoms with Gasteiger partial charge in [-0.3, -0.25) is 0 Å². The minimum atomic E-state index is 0.568. The second-order valence-corrected chi connectivity index (χ2v) is 2.80. The molecule has 1 aliphatic carbocycles. The summed E-state index contributed by atoms with van der Waals surface area (Å²) in [6.07, 6.45) is 12.8. The highest BCUT2D eigenvalue weighted by atomic mass is 16.5. The fourth-order valence-corrected chi connectivity index (χ4v) is 1.26. The van der Waals surface area contributed by atoms with Crippen molar-refractivity contribution in [2.75, 3.05) is 0 Å². The molecule has 0 fully saturated rings. The monoisotopic (exact) mass is 169 g/mol. The first-order chi connectivity index (χ1) is 6.40. The fourth-order valence-electron chi connectivity index (χ4n) is 1.26. The van der Waals surface area contributed by atoms with Crippen molar-refractivity contribution in [2.45, 2.75) is 6.42 Å². The average molecular weight is 169 g/mol. The third-order valence-corrected chi connectivity index (χ3v) is 1.92. The summed E-state index contributed by atoms with van der Waals surface area (Å²) < 4.78 is 5.45. The van der Waals surface area contributed by atoms with Crippen molar-refractivity contribution in [1.29, 1.82) is 0 Å². The Morgan fingerprint density at radius 1 is 1.38 bits per heavy atom. The molecule has 0 aromatic heterocycles. The van der Waals surface area contributed by atoms with Crippen LogP contribution in [0, 0.1) is 6.58 Å². The van der Waals surface area contributed by atoms with Crippen LogP contribution in [0.1, 0.15) is 6.42 Å². The Kier molecular flexibility index (Phi) is 2.03. The molecule has 1 aliphatic heterocycles. The SMILES string of the molecule is [CH]=C=C1C=CC2=CCC=CC=C2O1. The molecule has 13 heavy (non-hydrogen) atoms. The van der Waals surface area contributed by atoms with Gasteiger partial charge >= 0.3 is 0 Å². The van der Waals surface area contributed by atoms with Gasteiger partial charge in [0.05, 0.1) is 0 Å². The van der Waals surface area contributed by atoms with Crippen molar-refractivity contribution in [2.24, 2.45) is 0 Å². The molecule has 0 saturated carbocycles. The van der Waals surface area contributed by atoms with E-state index in [9.17, 15) is 0 Å². The van der Waals surface area contributed by atoms with Gasteiger partial charge in [-0.15, -0.1) is 0 Å². The summed E-state index contributed by atoms with van der Waals surface area (Å²) in [4.78, 5) is 0. The minimum Gasteiger partial charge on any atom is -0.448 e. The maximum Gasteiger partial charge on any atom is 0.169 e. The molecule has 0 spiro atoms. The summed E-state index contributed by atoms with van der Waals surface area (Å²) in [7, 11) is 0. The minimum absolute atomic E-state index is 0.568. The smallest absolute Gasteiger partial charge is 0.169 e. The molecule has 2 rings (SSSR count). The van der Waals surface area contributed by atoms with E-state index in [0.717, 1.165) is 17.8 Å². The number of rotatable bonds is 0. The zero-order valence-corrected chi connectivity index (χ0v) is 7.16. The van der Waals surface area contributed by atoms with Crippen LogP contribution in [-0.2, 0) is 4.74 Å². The van der Waals surface area contributed by atoms with Crippen LogP contribution >= 0.6 is 0 Å². The quantitative estimate of drug-likeness (QED) is 0.507. The van der Waals surface area contributed by atoms with Gasteiger partial charge in [0.1, 0.15) is 5.76 Å². The lowest BCUT2D eigenvalue weighted by atomic mass is 10.1. The van der Waals surface area contributed by atoms with E-state index in [1.54, 1.807) is 0 Å². The summed E-state index contributed by atoms with van der Waals surface area (Å²) in [5.74, 6) is 1.41. The largest absolute Gasteiger partial charge is 0.448 e. The molecule has 1 heterocycles. The lowest BCUT2D eigenvalue weighted by Crippen LogP contribution is -1.98. The highest BCUT2D eigenvalue weighted by Gasteiger charge is 2.10. The molecule has 0 saturated heterocycles. The van der Waals surface area contributed by atoms with Crippen molar-refractivity contribution in [3.8, 4) is 0 Å². The van der Waals surface area contributed by atoms with Crippen LogP contribution in [0.5, 0.6) is 0 Å². The van der Waals surface area contributed by atoms with Crippen molar-refractivity contribution in [3.63, 3.8) is 0 Å². The van der Waals surface area contributed by atoms with E-state index in [4.69, 9.17) is 11.3 Å². The predicted octanol–water partition coefficient (Wildman–Crippen LogP) is 2.81. The van der Waals surface area contributed by atoms with Gasteiger partial charge in [0, 0.05) is 5.57 Å². The number of ether oxygens (including phenoxy) is 1. The van der Waals surface area contributed by atoms with Crippen molar-refractivity contribution in [3.05, 3.63) is 65.9 Å². The van der Waals surface area contributed by atoms with Crippen LogP contribution in [-0.4, -0.2) is 0 Å². The summed E-state index contributed by atoms with van der Waals surface area (Å²) in [6, 6.07) is 0. The highest BCUT2D eigenvalue weighted by Crippen LogP contribution is 2.25. The van der Waals surface area contributed by atoms with E-state index in [1.165, 1.54) is 0 Å². The Bertz CT molecular complexity index is 385. The third-order valence-electron chi connectivity index (χ3n) is 1.92. The number of hydrogen-bond acceptors (Lipinski definition) is 1. The molecular formula is C12H9O. The summed E-state index contributed by atoms with van der Waals surface area (Å²) in [6.45, 7) is 5.24. The Hall–Kier alpha value is -1.72. The first kappa shape index (κ1) is 7.90. The van der Waals surface area contributed by atoms with E-state index >= 15 is 0 Å². The molecule has 0 unspecified atom stereocenters. The lowest BCUT2D eigenvalue weighted by Gasteiger charge is -2.14. The molecule has 1 nitrogen and oxygen atoms in total. The van der Waals surface area contributed by atoms with E-state index in [-0.39, 0.29) is 0 Å². The first-order valence-corrected chi connectivity index (χ1v) is 4.17. The second-order valence-electron chi connectivity index (χ2n) is 2.80. The molecule has 2 aliphatic rings. The van der Waals surface area contributed by atoms with Crippen molar-refractivity contribution in [1.82, 2.24) is 0 Å². The van der Waals surface area contributed by atoms with E-state index in [1.807, 2.05) is 24.3 Å². The summed E-state index contributed by atoms with van der Waals surface area (Å²) >= 11 is 0. The van der Waals surface area contributed by atoms with Gasteiger partial charge in [-0.1, -0.05) is 24.0 Å². The third kappa shape index (κ3) is 1.56. The van der Waals surface area contributed by atoms with Gasteiger partial charge in [0.2, 0.25) is 0 Å². The lowest BCUT2D eigenvalue weighted by molar-refractivity contribution is 0.327. The zero-order valence-electron chi connectivity index (χ0n) is 7.16. The van der Waals surface area contributed by atoms with Gasteiger partial charge in [0.25, 0.3) is 0 Å². The van der Waals surface area contributed by atoms with E-state index < -0.39 is 0 Å². The molecule has 1 radical (unpaired) electrons. The summed E-state index contributed by atoms with van der Waals surface area (Å²) in [5.41, 5.74) is 3.57. The fraction of sp³-hybridized carbons (Fsp3) is 0.0833. The Labute approximate surface area is 77.7 Å². The topological polar surface area (TPSA) is 9.23 Å². The number of fused-ring (bicyclic) bond motifs is 1. The zero-order chi connectivity index (χ0) is 9.10. The van der Waals surface area contributed by atoms with Gasteiger partial charge in [-0.25, -0.2) is 0 Å². The maximum absolute atomic E-state index is 5.45. The van der Waals surface area contributed by atoms with Crippen LogP contribution < -0.4 is 0 Å². The van der Waals surface area contributed by atoms with Crippen LogP contribution in [0.15, 0.2) is 59.3 Å². The van der Waals surface area contributed by atoms with Gasteiger partial charge in [-0.05, 0) is 31.2 Å². The predicted molar refractivity (Wildman–Crippen MR) is 51.5 cm³/mol. The van der Waals surface area contributed by atoms with Gasteiger partial charge < -0.3 is 4.74 Å². The highest BCUT2D eigenvalue weighted by molar-refractivity contribution is 5.45. The van der Waals surface area contributed by atoms with E-state index in [2.05, 4.69) is 17.9 Å². The summed E-state index contributed by atoms with van der Waals surface area (Å²) in [5, 5.41) is 0. The standard InChI is InChI=1S/C12H9O/c1-2-11-9-8-10-6-4-3-5-7-12(10)13-11/h1,3,5-9H,4H2. The molecule has 63 valence electrons. The Morgan fingerprint density at radius 3 is 3.15 bits per heavy atom. The first-order valence-electron chi connectivity index (χ1n) is 4.17.